The monoisotopic (exact) mass is 307 g/mol. The molecule has 2 rings (SSSR count). The lowest BCUT2D eigenvalue weighted by Gasteiger charge is -2.36. The summed E-state index contributed by atoms with van der Waals surface area (Å²) in [5.41, 5.74) is 1.14. The van der Waals surface area contributed by atoms with E-state index in [4.69, 9.17) is 11.6 Å². The standard InChI is InChI=1S/C18H26ClNO/c1-3-14(2)17(16-9-5-4-6-10-16)18(21)20-11-7-8-15(12-19)13-20/h4-6,9-10,14-15,17H,3,7-8,11-13H2,1-2H3. The maximum atomic E-state index is 13.0. The van der Waals surface area contributed by atoms with Gasteiger partial charge in [-0.2, -0.15) is 0 Å². The van der Waals surface area contributed by atoms with Crippen LogP contribution in [-0.4, -0.2) is 29.8 Å². The van der Waals surface area contributed by atoms with Gasteiger partial charge in [-0.1, -0.05) is 50.6 Å². The molecule has 1 saturated heterocycles. The van der Waals surface area contributed by atoms with Gasteiger partial charge in [0, 0.05) is 19.0 Å². The molecule has 0 bridgehead atoms. The number of halogens is 1. The fourth-order valence-corrected chi connectivity index (χ4v) is 3.45. The number of alkyl halides is 1. The Bertz CT molecular complexity index is 448. The van der Waals surface area contributed by atoms with Gasteiger partial charge in [-0.15, -0.1) is 11.6 Å². The minimum absolute atomic E-state index is 0.0229. The summed E-state index contributed by atoms with van der Waals surface area (Å²) >= 11 is 6.00. The molecule has 21 heavy (non-hydrogen) atoms. The molecule has 0 saturated carbocycles. The largest absolute Gasteiger partial charge is 0.342 e. The highest BCUT2D eigenvalue weighted by molar-refractivity contribution is 6.18. The maximum Gasteiger partial charge on any atom is 0.230 e. The van der Waals surface area contributed by atoms with Crippen molar-refractivity contribution in [3.05, 3.63) is 35.9 Å². The third kappa shape index (κ3) is 4.00. The van der Waals surface area contributed by atoms with Crippen molar-refractivity contribution in [2.24, 2.45) is 11.8 Å². The predicted octanol–water partition coefficient (Wildman–Crippen LogP) is 4.29. The maximum absolute atomic E-state index is 13.0. The Kier molecular flexibility index (Phi) is 6.10. The molecule has 1 heterocycles. The number of nitrogens with zero attached hydrogens (tertiary/aromatic N) is 1. The van der Waals surface area contributed by atoms with Gasteiger partial charge in [0.25, 0.3) is 0 Å². The second-order valence-electron chi connectivity index (χ2n) is 6.22. The first-order chi connectivity index (χ1) is 10.2. The van der Waals surface area contributed by atoms with Crippen molar-refractivity contribution in [1.29, 1.82) is 0 Å². The summed E-state index contributed by atoms with van der Waals surface area (Å²) in [5.74, 6) is 1.73. The zero-order chi connectivity index (χ0) is 15.2. The van der Waals surface area contributed by atoms with Gasteiger partial charge in [0.15, 0.2) is 0 Å². The van der Waals surface area contributed by atoms with Gasteiger partial charge in [0.2, 0.25) is 5.91 Å². The van der Waals surface area contributed by atoms with Gasteiger partial charge in [-0.05, 0) is 30.2 Å². The lowest BCUT2D eigenvalue weighted by molar-refractivity contribution is -0.135. The number of benzene rings is 1. The van der Waals surface area contributed by atoms with Crippen LogP contribution in [0.1, 0.15) is 44.6 Å². The number of amides is 1. The summed E-state index contributed by atoms with van der Waals surface area (Å²) < 4.78 is 0. The second kappa shape index (κ2) is 7.84. The molecule has 3 heteroatoms. The molecule has 3 atom stereocenters. The number of rotatable bonds is 5. The normalized spacial score (nSPS) is 21.9. The molecule has 1 aromatic carbocycles. The van der Waals surface area contributed by atoms with Crippen LogP contribution in [0.4, 0.5) is 0 Å². The molecule has 2 nitrogen and oxygen atoms in total. The molecular weight excluding hydrogens is 282 g/mol. The number of carbonyl (C=O) groups excluding carboxylic acids is 1. The van der Waals surface area contributed by atoms with Crippen molar-refractivity contribution >= 4 is 17.5 Å². The third-order valence-corrected chi connectivity index (χ3v) is 5.12. The summed E-state index contributed by atoms with van der Waals surface area (Å²) in [4.78, 5) is 15.1. The van der Waals surface area contributed by atoms with Gasteiger partial charge in [0.05, 0.1) is 5.92 Å². The minimum Gasteiger partial charge on any atom is -0.342 e. The van der Waals surface area contributed by atoms with Crippen molar-refractivity contribution in [2.45, 2.75) is 39.0 Å². The number of likely N-dealkylation sites (tertiary alicyclic amines) is 1. The van der Waals surface area contributed by atoms with E-state index in [1.54, 1.807) is 0 Å². The summed E-state index contributed by atoms with van der Waals surface area (Å²) in [6.45, 7) is 6.04. The lowest BCUT2D eigenvalue weighted by atomic mass is 9.83. The Labute approximate surface area is 133 Å². The molecule has 0 spiro atoms. The smallest absolute Gasteiger partial charge is 0.230 e. The van der Waals surface area contributed by atoms with Crippen LogP contribution in [0.25, 0.3) is 0 Å². The van der Waals surface area contributed by atoms with E-state index in [1.165, 1.54) is 0 Å². The fourth-order valence-electron chi connectivity index (χ4n) is 3.20. The van der Waals surface area contributed by atoms with Gasteiger partial charge in [0.1, 0.15) is 0 Å². The third-order valence-electron chi connectivity index (χ3n) is 4.69. The molecule has 0 aromatic heterocycles. The van der Waals surface area contributed by atoms with Crippen molar-refractivity contribution < 1.29 is 4.79 Å². The Morgan fingerprint density at radius 3 is 2.71 bits per heavy atom. The van der Waals surface area contributed by atoms with Crippen molar-refractivity contribution in [3.8, 4) is 0 Å². The summed E-state index contributed by atoms with van der Waals surface area (Å²) in [5, 5.41) is 0. The van der Waals surface area contributed by atoms with E-state index in [-0.39, 0.29) is 11.8 Å². The van der Waals surface area contributed by atoms with Crippen LogP contribution in [0.2, 0.25) is 0 Å². The Morgan fingerprint density at radius 2 is 2.10 bits per heavy atom. The highest BCUT2D eigenvalue weighted by Gasteiger charge is 2.32. The quantitative estimate of drug-likeness (QED) is 0.743. The van der Waals surface area contributed by atoms with E-state index in [0.29, 0.717) is 17.7 Å². The van der Waals surface area contributed by atoms with Crippen LogP contribution in [0.15, 0.2) is 30.3 Å². The van der Waals surface area contributed by atoms with E-state index in [2.05, 4.69) is 26.0 Å². The van der Waals surface area contributed by atoms with Crippen LogP contribution >= 0.6 is 11.6 Å². The molecule has 0 N–H and O–H groups in total. The Hall–Kier alpha value is -1.02. The van der Waals surface area contributed by atoms with Crippen LogP contribution in [0.3, 0.4) is 0 Å². The highest BCUT2D eigenvalue weighted by Crippen LogP contribution is 2.31. The van der Waals surface area contributed by atoms with Crippen molar-refractivity contribution in [2.75, 3.05) is 19.0 Å². The van der Waals surface area contributed by atoms with E-state index < -0.39 is 0 Å². The molecule has 1 amide bonds. The summed E-state index contributed by atoms with van der Waals surface area (Å²) in [6, 6.07) is 10.2. The second-order valence-corrected chi connectivity index (χ2v) is 6.53. The van der Waals surface area contributed by atoms with Gasteiger partial charge in [-0.3, -0.25) is 4.79 Å². The van der Waals surface area contributed by atoms with E-state index in [0.717, 1.165) is 37.9 Å². The topological polar surface area (TPSA) is 20.3 Å². The zero-order valence-corrected chi connectivity index (χ0v) is 13.9. The Balaban J connectivity index is 2.18. The minimum atomic E-state index is -0.0229. The molecule has 1 fully saturated rings. The van der Waals surface area contributed by atoms with Crippen LogP contribution in [0, 0.1) is 11.8 Å². The SMILES string of the molecule is CCC(C)C(C(=O)N1CCCC(CCl)C1)c1ccccc1. The van der Waals surface area contributed by atoms with E-state index in [1.807, 2.05) is 23.1 Å². The molecule has 1 aromatic rings. The van der Waals surface area contributed by atoms with Gasteiger partial charge < -0.3 is 4.90 Å². The van der Waals surface area contributed by atoms with Gasteiger partial charge in [-0.25, -0.2) is 0 Å². The zero-order valence-electron chi connectivity index (χ0n) is 13.1. The average Bonchev–Trinajstić information content (AvgIpc) is 2.55. The van der Waals surface area contributed by atoms with E-state index in [9.17, 15) is 4.79 Å². The molecule has 1 aliphatic rings. The molecule has 0 radical (unpaired) electrons. The average molecular weight is 308 g/mol. The van der Waals surface area contributed by atoms with Crippen molar-refractivity contribution in [1.82, 2.24) is 4.90 Å². The van der Waals surface area contributed by atoms with Gasteiger partial charge >= 0.3 is 0 Å². The summed E-state index contributed by atoms with van der Waals surface area (Å²) in [6.07, 6.45) is 3.23. The van der Waals surface area contributed by atoms with Crippen LogP contribution in [0.5, 0.6) is 0 Å². The predicted molar refractivity (Wildman–Crippen MR) is 88.7 cm³/mol. The fraction of sp³-hybridized carbons (Fsp3) is 0.611. The molecule has 3 unspecified atom stereocenters. The van der Waals surface area contributed by atoms with Crippen LogP contribution < -0.4 is 0 Å². The first-order valence-electron chi connectivity index (χ1n) is 8.07. The highest BCUT2D eigenvalue weighted by atomic mass is 35.5. The van der Waals surface area contributed by atoms with E-state index >= 15 is 0 Å². The van der Waals surface area contributed by atoms with Crippen molar-refractivity contribution in [3.63, 3.8) is 0 Å². The molecule has 116 valence electrons. The Morgan fingerprint density at radius 1 is 1.38 bits per heavy atom. The first-order valence-corrected chi connectivity index (χ1v) is 8.60. The lowest BCUT2D eigenvalue weighted by Crippen LogP contribution is -2.44. The number of carbonyl (C=O) groups is 1. The molecular formula is C18H26ClNO. The summed E-state index contributed by atoms with van der Waals surface area (Å²) in [7, 11) is 0. The number of hydrogen-bond acceptors (Lipinski definition) is 1. The first kappa shape index (κ1) is 16.4. The molecule has 0 aliphatic carbocycles. The van der Waals surface area contributed by atoms with Crippen LogP contribution in [-0.2, 0) is 4.79 Å². The number of hydrogen-bond donors (Lipinski definition) is 0. The number of piperidine rings is 1. The molecule has 1 aliphatic heterocycles.